The Morgan fingerprint density at radius 2 is 2.05 bits per heavy atom. The van der Waals surface area contributed by atoms with Crippen molar-refractivity contribution in [1.82, 2.24) is 24.9 Å². The molecule has 2 N–H and O–H groups in total. The van der Waals surface area contributed by atoms with Crippen molar-refractivity contribution in [2.75, 3.05) is 24.6 Å². The van der Waals surface area contributed by atoms with Gasteiger partial charge in [-0.3, -0.25) is 4.79 Å². The molecule has 198 valence electrons. The largest absolute Gasteiger partial charge is 0.489 e. The maximum Gasteiger partial charge on any atom is 0.271 e. The zero-order valence-corrected chi connectivity index (χ0v) is 22.1. The van der Waals surface area contributed by atoms with Crippen molar-refractivity contribution in [2.45, 2.75) is 25.5 Å². The summed E-state index contributed by atoms with van der Waals surface area (Å²) in [5, 5.41) is 27.4. The quantitative estimate of drug-likeness (QED) is 0.363. The van der Waals surface area contributed by atoms with E-state index >= 15 is 0 Å². The van der Waals surface area contributed by atoms with Crippen LogP contribution in [0.1, 0.15) is 29.9 Å². The Bertz CT molecular complexity index is 1590. The Hall–Kier alpha value is -4.20. The van der Waals surface area contributed by atoms with Gasteiger partial charge >= 0.3 is 0 Å². The molecule has 1 saturated carbocycles. The number of carbonyl (C=O) groups is 1. The maximum atomic E-state index is 12.6. The van der Waals surface area contributed by atoms with Crippen LogP contribution in [0.2, 0.25) is 5.02 Å². The van der Waals surface area contributed by atoms with E-state index in [2.05, 4.69) is 26.4 Å². The van der Waals surface area contributed by atoms with E-state index in [-0.39, 0.29) is 24.2 Å². The van der Waals surface area contributed by atoms with Gasteiger partial charge in [-0.15, -0.1) is 0 Å². The van der Waals surface area contributed by atoms with E-state index in [1.807, 2.05) is 18.2 Å². The Morgan fingerprint density at radius 1 is 1.26 bits per heavy atom. The third-order valence-electron chi connectivity index (χ3n) is 7.15. The summed E-state index contributed by atoms with van der Waals surface area (Å²) in [6.07, 6.45) is 6.56. The van der Waals surface area contributed by atoms with E-state index in [4.69, 9.17) is 21.3 Å². The summed E-state index contributed by atoms with van der Waals surface area (Å²) in [5.41, 5.74) is 1.94. The van der Waals surface area contributed by atoms with Crippen LogP contribution in [0.5, 0.6) is 5.75 Å². The van der Waals surface area contributed by atoms with Crippen LogP contribution in [0.3, 0.4) is 0 Å². The highest BCUT2D eigenvalue weighted by Gasteiger charge is 2.56. The lowest BCUT2D eigenvalue weighted by Gasteiger charge is -2.21. The minimum atomic E-state index is -0.996. The number of nitrogens with one attached hydrogen (secondary N) is 1. The van der Waals surface area contributed by atoms with Crippen LogP contribution in [-0.4, -0.2) is 61.9 Å². The first-order chi connectivity index (χ1) is 18.7. The molecule has 2 aliphatic rings. The maximum absolute atomic E-state index is 12.6. The van der Waals surface area contributed by atoms with E-state index in [0.717, 1.165) is 30.0 Å². The number of pyridine rings is 3. The number of rotatable bonds is 7. The van der Waals surface area contributed by atoms with E-state index < -0.39 is 5.60 Å². The Morgan fingerprint density at radius 3 is 2.72 bits per heavy atom. The smallest absolute Gasteiger partial charge is 0.271 e. The molecule has 10 nitrogen and oxygen atoms in total. The Labute approximate surface area is 229 Å². The SMILES string of the molecule is CC(C)(O)COc1cc(-c2ccc(N3CC4C(C3)C4NC(=O)c3ncccc3Cl)nc2)c2c(C#N)cnn2c1. The first-order valence-corrected chi connectivity index (χ1v) is 13.0. The average Bonchev–Trinajstić information content (AvgIpc) is 3.25. The number of ether oxygens (including phenoxy) is 1. The molecule has 11 heteroatoms. The molecule has 39 heavy (non-hydrogen) atoms. The third kappa shape index (κ3) is 4.87. The van der Waals surface area contributed by atoms with Crippen molar-refractivity contribution >= 4 is 28.8 Å². The monoisotopic (exact) mass is 543 g/mol. The number of piperidine rings is 1. The fourth-order valence-corrected chi connectivity index (χ4v) is 5.38. The predicted octanol–water partition coefficient (Wildman–Crippen LogP) is 3.33. The number of nitrogens with zero attached hydrogens (tertiary/aromatic N) is 6. The number of nitriles is 1. The molecule has 4 aromatic rings. The van der Waals surface area contributed by atoms with Gasteiger partial charge in [0.2, 0.25) is 0 Å². The number of aromatic nitrogens is 4. The molecule has 1 aliphatic heterocycles. The first kappa shape index (κ1) is 25.1. The van der Waals surface area contributed by atoms with Crippen LogP contribution in [0.25, 0.3) is 16.6 Å². The Balaban J connectivity index is 1.17. The van der Waals surface area contributed by atoms with Gasteiger partial charge in [0.15, 0.2) is 0 Å². The zero-order valence-electron chi connectivity index (χ0n) is 21.4. The standard InChI is InChI=1S/C28H26ClN7O3/c1-28(2,38)15-39-18-8-19(26-17(9-30)11-33-36(26)12-18)16-5-6-23(32-10-16)35-13-20-21(14-35)24(20)34-27(37)25-22(29)4-3-7-31-25/h3-8,10-12,20-21,24,38H,13-15H2,1-2H3,(H,34,37). The van der Waals surface area contributed by atoms with Crippen LogP contribution in [-0.2, 0) is 0 Å². The minimum Gasteiger partial charge on any atom is -0.489 e. The normalized spacial score (nSPS) is 20.0. The van der Waals surface area contributed by atoms with Gasteiger partial charge in [0.05, 0.1) is 34.1 Å². The van der Waals surface area contributed by atoms with E-state index in [1.54, 1.807) is 49.1 Å². The number of anilines is 1. The van der Waals surface area contributed by atoms with Gasteiger partial charge in [-0.05, 0) is 44.2 Å². The summed E-state index contributed by atoms with van der Waals surface area (Å²) in [6.45, 7) is 5.04. The highest BCUT2D eigenvalue weighted by atomic mass is 35.5. The molecule has 2 unspecified atom stereocenters. The molecular formula is C28H26ClN7O3. The molecular weight excluding hydrogens is 518 g/mol. The molecule has 0 radical (unpaired) electrons. The summed E-state index contributed by atoms with van der Waals surface area (Å²) in [4.78, 5) is 23.6. The van der Waals surface area contributed by atoms with Crippen LogP contribution >= 0.6 is 11.6 Å². The van der Waals surface area contributed by atoms with Gasteiger partial charge < -0.3 is 20.1 Å². The molecule has 0 spiro atoms. The minimum absolute atomic E-state index is 0.106. The van der Waals surface area contributed by atoms with Crippen molar-refractivity contribution in [1.29, 1.82) is 5.26 Å². The zero-order chi connectivity index (χ0) is 27.3. The van der Waals surface area contributed by atoms with Gasteiger partial charge in [0, 0.05) is 54.5 Å². The van der Waals surface area contributed by atoms with Crippen molar-refractivity contribution < 1.29 is 14.6 Å². The summed E-state index contributed by atoms with van der Waals surface area (Å²) in [5.74, 6) is 1.84. The highest BCUT2D eigenvalue weighted by molar-refractivity contribution is 6.33. The molecule has 6 rings (SSSR count). The van der Waals surface area contributed by atoms with Crippen molar-refractivity contribution in [3.05, 3.63) is 71.4 Å². The Kier molecular flexibility index (Phi) is 6.13. The van der Waals surface area contributed by atoms with Crippen LogP contribution in [0.15, 0.2) is 55.1 Å². The lowest BCUT2D eigenvalue weighted by atomic mass is 10.1. The van der Waals surface area contributed by atoms with Gasteiger partial charge in [-0.1, -0.05) is 11.6 Å². The molecule has 1 aliphatic carbocycles. The summed E-state index contributed by atoms with van der Waals surface area (Å²) < 4.78 is 7.43. The predicted molar refractivity (Wildman–Crippen MR) is 145 cm³/mol. The number of amides is 1. The van der Waals surface area contributed by atoms with E-state index in [9.17, 15) is 15.2 Å². The second kappa shape index (κ2) is 9.52. The summed E-state index contributed by atoms with van der Waals surface area (Å²) in [6, 6.07) is 11.4. The number of aliphatic hydroxyl groups is 1. The number of hydrogen-bond donors (Lipinski definition) is 2. The highest BCUT2D eigenvalue weighted by Crippen LogP contribution is 2.46. The molecule has 5 heterocycles. The second-order valence-corrected chi connectivity index (χ2v) is 11.0. The van der Waals surface area contributed by atoms with Crippen molar-refractivity contribution in [3.63, 3.8) is 0 Å². The van der Waals surface area contributed by atoms with Gasteiger partial charge in [-0.25, -0.2) is 14.5 Å². The topological polar surface area (TPSA) is 129 Å². The number of carbonyl (C=O) groups excluding carboxylic acids is 1. The lowest BCUT2D eigenvalue weighted by molar-refractivity contribution is 0.0283. The third-order valence-corrected chi connectivity index (χ3v) is 7.45. The number of hydrogen-bond acceptors (Lipinski definition) is 8. The first-order valence-electron chi connectivity index (χ1n) is 12.6. The van der Waals surface area contributed by atoms with Gasteiger partial charge in [0.25, 0.3) is 5.91 Å². The number of halogens is 1. The molecule has 1 amide bonds. The van der Waals surface area contributed by atoms with Crippen LogP contribution < -0.4 is 15.0 Å². The van der Waals surface area contributed by atoms with Crippen molar-refractivity contribution in [3.8, 4) is 22.9 Å². The van der Waals surface area contributed by atoms with Gasteiger partial charge in [0.1, 0.15) is 29.9 Å². The van der Waals surface area contributed by atoms with Crippen molar-refractivity contribution in [2.24, 2.45) is 11.8 Å². The molecule has 4 aromatic heterocycles. The molecule has 0 aromatic carbocycles. The van der Waals surface area contributed by atoms with E-state index in [1.165, 1.54) is 6.20 Å². The fourth-order valence-electron chi connectivity index (χ4n) is 5.17. The van der Waals surface area contributed by atoms with Crippen LogP contribution in [0.4, 0.5) is 5.82 Å². The molecule has 2 atom stereocenters. The summed E-state index contributed by atoms with van der Waals surface area (Å²) >= 11 is 6.11. The lowest BCUT2D eigenvalue weighted by Crippen LogP contribution is -2.35. The van der Waals surface area contributed by atoms with Crippen LogP contribution in [0, 0.1) is 23.2 Å². The fraction of sp³-hybridized carbons (Fsp3) is 0.321. The molecule has 1 saturated heterocycles. The van der Waals surface area contributed by atoms with Gasteiger partial charge in [-0.2, -0.15) is 10.4 Å². The average molecular weight is 544 g/mol. The molecule has 0 bridgehead atoms. The number of fused-ring (bicyclic) bond motifs is 2. The molecule has 2 fully saturated rings. The summed E-state index contributed by atoms with van der Waals surface area (Å²) in [7, 11) is 0. The van der Waals surface area contributed by atoms with E-state index in [0.29, 0.717) is 33.7 Å². The second-order valence-electron chi connectivity index (χ2n) is 10.6.